The van der Waals surface area contributed by atoms with Crippen LogP contribution in [0.25, 0.3) is 0 Å². The molecule has 0 aromatic heterocycles. The van der Waals surface area contributed by atoms with Gasteiger partial charge in [-0.05, 0) is 65.5 Å². The first kappa shape index (κ1) is 21.5. The minimum atomic E-state index is 0.261. The van der Waals surface area contributed by atoms with Crippen molar-refractivity contribution in [2.45, 2.75) is 46.1 Å². The van der Waals surface area contributed by atoms with E-state index in [4.69, 9.17) is 4.74 Å². The fourth-order valence-corrected chi connectivity index (χ4v) is 5.29. The normalized spacial score (nSPS) is 19.1. The molecule has 2 nitrogen and oxygen atoms in total. The van der Waals surface area contributed by atoms with Crippen molar-refractivity contribution in [1.29, 1.82) is 0 Å². The van der Waals surface area contributed by atoms with Crippen LogP contribution in [0.3, 0.4) is 0 Å². The lowest BCUT2D eigenvalue weighted by atomic mass is 9.65. The van der Waals surface area contributed by atoms with Gasteiger partial charge >= 0.3 is 0 Å². The lowest BCUT2D eigenvalue weighted by molar-refractivity contribution is 0.142. The summed E-state index contributed by atoms with van der Waals surface area (Å²) in [6.45, 7) is 10.1. The van der Waals surface area contributed by atoms with Crippen LogP contribution in [0.4, 0.5) is 5.69 Å². The summed E-state index contributed by atoms with van der Waals surface area (Å²) in [5.74, 6) is 2.26. The first-order valence-corrected chi connectivity index (χ1v) is 11.6. The molecule has 3 aromatic rings. The first-order chi connectivity index (χ1) is 15.1. The maximum atomic E-state index is 5.97. The SMILES string of the molecule is CCC(c1ccccc1)C1CCN(c2ccc(OCc3ccccc3)cc2)CC1(C)C. The molecule has 0 amide bonds. The van der Waals surface area contributed by atoms with Crippen molar-refractivity contribution in [3.8, 4) is 5.75 Å². The van der Waals surface area contributed by atoms with Crippen molar-refractivity contribution in [1.82, 2.24) is 0 Å². The maximum Gasteiger partial charge on any atom is 0.119 e. The van der Waals surface area contributed by atoms with Gasteiger partial charge in [-0.1, -0.05) is 81.4 Å². The third kappa shape index (κ3) is 5.12. The van der Waals surface area contributed by atoms with Crippen LogP contribution >= 0.6 is 0 Å². The Balaban J connectivity index is 1.40. The Morgan fingerprint density at radius 1 is 0.903 bits per heavy atom. The quantitative estimate of drug-likeness (QED) is 0.402. The molecule has 0 aliphatic carbocycles. The Labute approximate surface area is 187 Å². The highest BCUT2D eigenvalue weighted by Crippen LogP contribution is 2.46. The van der Waals surface area contributed by atoms with E-state index in [0.717, 1.165) is 18.8 Å². The van der Waals surface area contributed by atoms with E-state index in [9.17, 15) is 0 Å². The van der Waals surface area contributed by atoms with Crippen LogP contribution in [-0.4, -0.2) is 13.1 Å². The number of piperidine rings is 1. The molecule has 0 saturated carbocycles. The summed E-state index contributed by atoms with van der Waals surface area (Å²) in [7, 11) is 0. The molecule has 1 aliphatic rings. The van der Waals surface area contributed by atoms with Gasteiger partial charge in [0.25, 0.3) is 0 Å². The highest BCUT2D eigenvalue weighted by molar-refractivity contribution is 5.50. The van der Waals surface area contributed by atoms with Gasteiger partial charge in [0.15, 0.2) is 0 Å². The number of nitrogens with zero attached hydrogens (tertiary/aromatic N) is 1. The molecular formula is C29H35NO. The highest BCUT2D eigenvalue weighted by atomic mass is 16.5. The Hall–Kier alpha value is -2.74. The summed E-state index contributed by atoms with van der Waals surface area (Å²) in [4.78, 5) is 2.55. The van der Waals surface area contributed by atoms with E-state index in [1.54, 1.807) is 0 Å². The van der Waals surface area contributed by atoms with Gasteiger partial charge in [-0.3, -0.25) is 0 Å². The summed E-state index contributed by atoms with van der Waals surface area (Å²) in [5.41, 5.74) is 4.25. The molecule has 4 rings (SSSR count). The second kappa shape index (κ2) is 9.60. The van der Waals surface area contributed by atoms with Crippen molar-refractivity contribution in [3.05, 3.63) is 96.1 Å². The molecule has 1 fully saturated rings. The predicted octanol–water partition coefficient (Wildman–Crippen LogP) is 7.31. The van der Waals surface area contributed by atoms with Crippen LogP contribution in [0.2, 0.25) is 0 Å². The van der Waals surface area contributed by atoms with Crippen molar-refractivity contribution in [2.24, 2.45) is 11.3 Å². The summed E-state index contributed by atoms with van der Waals surface area (Å²) in [6, 6.07) is 30.1. The molecule has 2 atom stereocenters. The van der Waals surface area contributed by atoms with E-state index in [1.807, 2.05) is 18.2 Å². The molecule has 1 aliphatic heterocycles. The van der Waals surface area contributed by atoms with E-state index in [-0.39, 0.29) is 5.41 Å². The molecule has 0 bridgehead atoms. The minimum Gasteiger partial charge on any atom is -0.489 e. The smallest absolute Gasteiger partial charge is 0.119 e. The predicted molar refractivity (Wildman–Crippen MR) is 131 cm³/mol. The Kier molecular flexibility index (Phi) is 6.65. The molecule has 2 unspecified atom stereocenters. The molecule has 1 heterocycles. The number of hydrogen-bond acceptors (Lipinski definition) is 2. The highest BCUT2D eigenvalue weighted by Gasteiger charge is 2.40. The number of rotatable bonds is 7. The van der Waals surface area contributed by atoms with Crippen LogP contribution in [0.5, 0.6) is 5.75 Å². The topological polar surface area (TPSA) is 12.5 Å². The molecular weight excluding hydrogens is 378 g/mol. The number of hydrogen-bond donors (Lipinski definition) is 0. The lowest BCUT2D eigenvalue weighted by Crippen LogP contribution is -2.47. The average Bonchev–Trinajstić information content (AvgIpc) is 2.80. The molecule has 0 radical (unpaired) electrons. The van der Waals surface area contributed by atoms with Crippen molar-refractivity contribution < 1.29 is 4.74 Å². The first-order valence-electron chi connectivity index (χ1n) is 11.6. The molecule has 0 spiro atoms. The van der Waals surface area contributed by atoms with Gasteiger partial charge in [-0.15, -0.1) is 0 Å². The van der Waals surface area contributed by atoms with Gasteiger partial charge in [0.1, 0.15) is 12.4 Å². The fourth-order valence-electron chi connectivity index (χ4n) is 5.29. The van der Waals surface area contributed by atoms with Crippen molar-refractivity contribution >= 4 is 5.69 Å². The van der Waals surface area contributed by atoms with Gasteiger partial charge in [0.05, 0.1) is 0 Å². The van der Waals surface area contributed by atoms with E-state index in [2.05, 4.69) is 92.4 Å². The van der Waals surface area contributed by atoms with Crippen LogP contribution in [0, 0.1) is 11.3 Å². The zero-order valence-corrected chi connectivity index (χ0v) is 19.1. The summed E-state index contributed by atoms with van der Waals surface area (Å²) in [5, 5.41) is 0. The zero-order valence-electron chi connectivity index (χ0n) is 19.1. The van der Waals surface area contributed by atoms with Gasteiger partial charge in [-0.25, -0.2) is 0 Å². The molecule has 3 aromatic carbocycles. The molecule has 2 heteroatoms. The average molecular weight is 414 g/mol. The van der Waals surface area contributed by atoms with Crippen LogP contribution < -0.4 is 9.64 Å². The van der Waals surface area contributed by atoms with Gasteiger partial charge < -0.3 is 9.64 Å². The molecule has 0 N–H and O–H groups in total. The number of anilines is 1. The Morgan fingerprint density at radius 3 is 2.16 bits per heavy atom. The van der Waals surface area contributed by atoms with Gasteiger partial charge in [0, 0.05) is 18.8 Å². The largest absolute Gasteiger partial charge is 0.489 e. The second-order valence-electron chi connectivity index (χ2n) is 9.50. The second-order valence-corrected chi connectivity index (χ2v) is 9.50. The van der Waals surface area contributed by atoms with Gasteiger partial charge in [-0.2, -0.15) is 0 Å². The van der Waals surface area contributed by atoms with E-state index in [1.165, 1.54) is 29.7 Å². The fraction of sp³-hybridized carbons (Fsp3) is 0.379. The molecule has 162 valence electrons. The Bertz CT molecular complexity index is 933. The maximum absolute atomic E-state index is 5.97. The van der Waals surface area contributed by atoms with Crippen molar-refractivity contribution in [2.75, 3.05) is 18.0 Å². The Morgan fingerprint density at radius 2 is 1.55 bits per heavy atom. The van der Waals surface area contributed by atoms with Crippen molar-refractivity contribution in [3.63, 3.8) is 0 Å². The van der Waals surface area contributed by atoms with E-state index in [0.29, 0.717) is 18.4 Å². The zero-order chi connectivity index (χ0) is 21.7. The van der Waals surface area contributed by atoms with Crippen LogP contribution in [-0.2, 0) is 6.61 Å². The summed E-state index contributed by atoms with van der Waals surface area (Å²) >= 11 is 0. The summed E-state index contributed by atoms with van der Waals surface area (Å²) in [6.07, 6.45) is 2.43. The lowest BCUT2D eigenvalue weighted by Gasteiger charge is -2.48. The number of ether oxygens (including phenoxy) is 1. The van der Waals surface area contributed by atoms with Gasteiger partial charge in [0.2, 0.25) is 0 Å². The molecule has 31 heavy (non-hydrogen) atoms. The van der Waals surface area contributed by atoms with Crippen LogP contribution in [0.15, 0.2) is 84.9 Å². The number of benzene rings is 3. The van der Waals surface area contributed by atoms with E-state index < -0.39 is 0 Å². The standard InChI is InChI=1S/C29H35NO/c1-4-27(24-13-9-6-10-14-24)28-19-20-30(22-29(28,2)3)25-15-17-26(18-16-25)31-21-23-11-7-5-8-12-23/h5-18,27-28H,4,19-22H2,1-3H3. The van der Waals surface area contributed by atoms with Crippen LogP contribution in [0.1, 0.15) is 50.7 Å². The van der Waals surface area contributed by atoms with E-state index >= 15 is 0 Å². The molecule has 1 saturated heterocycles. The minimum absolute atomic E-state index is 0.261. The third-order valence-corrected chi connectivity index (χ3v) is 6.92. The monoisotopic (exact) mass is 413 g/mol. The summed E-state index contributed by atoms with van der Waals surface area (Å²) < 4.78 is 5.97. The third-order valence-electron chi connectivity index (χ3n) is 6.92.